The summed E-state index contributed by atoms with van der Waals surface area (Å²) in [6.07, 6.45) is 1.50. The molecular weight excluding hydrogens is 306 g/mol. The van der Waals surface area contributed by atoms with Gasteiger partial charge in [-0.25, -0.2) is 4.79 Å². The molecule has 2 aromatic rings. The molecule has 2 aromatic carbocycles. The van der Waals surface area contributed by atoms with Crippen molar-refractivity contribution < 1.29 is 19.1 Å². The molecule has 24 heavy (non-hydrogen) atoms. The normalized spacial score (nSPS) is 13.9. The van der Waals surface area contributed by atoms with E-state index in [2.05, 4.69) is 0 Å². The van der Waals surface area contributed by atoms with E-state index in [-0.39, 0.29) is 5.91 Å². The third-order valence-electron chi connectivity index (χ3n) is 3.98. The van der Waals surface area contributed by atoms with Gasteiger partial charge in [0.2, 0.25) is 5.91 Å². The first-order valence-electron chi connectivity index (χ1n) is 7.89. The van der Waals surface area contributed by atoms with Crippen molar-refractivity contribution in [2.24, 2.45) is 0 Å². The van der Waals surface area contributed by atoms with Crippen molar-refractivity contribution in [2.45, 2.75) is 19.4 Å². The number of nitrogens with zero attached hydrogens (tertiary/aromatic N) is 1. The van der Waals surface area contributed by atoms with Gasteiger partial charge in [-0.3, -0.25) is 4.79 Å². The van der Waals surface area contributed by atoms with Crippen LogP contribution in [0.25, 0.3) is 0 Å². The van der Waals surface area contributed by atoms with Crippen LogP contribution in [-0.4, -0.2) is 30.4 Å². The van der Waals surface area contributed by atoms with Gasteiger partial charge in [-0.15, -0.1) is 0 Å². The molecule has 0 spiro atoms. The Bertz CT molecular complexity index is 757. The fourth-order valence-electron chi connectivity index (χ4n) is 2.75. The highest BCUT2D eigenvalue weighted by molar-refractivity contribution is 5.91. The Balaban J connectivity index is 1.73. The number of likely N-dealkylation sites (tertiary alicyclic amines) is 1. The molecule has 5 nitrogen and oxygen atoms in total. The van der Waals surface area contributed by atoms with Crippen molar-refractivity contribution in [1.82, 2.24) is 4.90 Å². The van der Waals surface area contributed by atoms with E-state index in [9.17, 15) is 9.59 Å². The van der Waals surface area contributed by atoms with Crippen molar-refractivity contribution in [1.29, 1.82) is 0 Å². The van der Waals surface area contributed by atoms with E-state index in [1.165, 1.54) is 7.11 Å². The maximum absolute atomic E-state index is 12.4. The number of carbonyl (C=O) groups excluding carboxylic acids is 2. The molecule has 3 rings (SSSR count). The SMILES string of the molecule is COc1ccccc1OC(=O)c1cccc(CN2CCCC2=O)c1. The molecule has 0 bridgehead atoms. The number of amides is 1. The van der Waals surface area contributed by atoms with Gasteiger partial charge in [-0.1, -0.05) is 24.3 Å². The van der Waals surface area contributed by atoms with Gasteiger partial charge < -0.3 is 14.4 Å². The maximum Gasteiger partial charge on any atom is 0.343 e. The summed E-state index contributed by atoms with van der Waals surface area (Å²) in [4.78, 5) is 25.9. The first kappa shape index (κ1) is 16.1. The molecule has 1 saturated heterocycles. The van der Waals surface area contributed by atoms with Crippen molar-refractivity contribution in [2.75, 3.05) is 13.7 Å². The van der Waals surface area contributed by atoms with Crippen LogP contribution in [0.1, 0.15) is 28.8 Å². The summed E-state index contributed by atoms with van der Waals surface area (Å²) in [5.41, 5.74) is 1.37. The minimum absolute atomic E-state index is 0.164. The van der Waals surface area contributed by atoms with Crippen LogP contribution < -0.4 is 9.47 Å². The Labute approximate surface area is 140 Å². The van der Waals surface area contributed by atoms with Gasteiger partial charge in [-0.05, 0) is 36.2 Å². The molecule has 0 aromatic heterocycles. The van der Waals surface area contributed by atoms with Crippen LogP contribution in [0.15, 0.2) is 48.5 Å². The lowest BCUT2D eigenvalue weighted by molar-refractivity contribution is -0.128. The minimum atomic E-state index is -0.450. The summed E-state index contributed by atoms with van der Waals surface area (Å²) in [5.74, 6) is 0.598. The van der Waals surface area contributed by atoms with Gasteiger partial charge in [0.25, 0.3) is 0 Å². The zero-order valence-corrected chi connectivity index (χ0v) is 13.5. The van der Waals surface area contributed by atoms with E-state index in [1.807, 2.05) is 17.0 Å². The number of carbonyl (C=O) groups is 2. The molecule has 0 N–H and O–H groups in total. The van der Waals surface area contributed by atoms with Crippen molar-refractivity contribution >= 4 is 11.9 Å². The lowest BCUT2D eigenvalue weighted by Crippen LogP contribution is -2.24. The molecule has 1 heterocycles. The second-order valence-corrected chi connectivity index (χ2v) is 5.66. The zero-order valence-electron chi connectivity index (χ0n) is 13.5. The lowest BCUT2D eigenvalue weighted by atomic mass is 10.1. The van der Waals surface area contributed by atoms with Crippen LogP contribution in [0.3, 0.4) is 0 Å². The van der Waals surface area contributed by atoms with Gasteiger partial charge in [-0.2, -0.15) is 0 Å². The third-order valence-corrected chi connectivity index (χ3v) is 3.98. The van der Waals surface area contributed by atoms with Gasteiger partial charge in [0.05, 0.1) is 12.7 Å². The van der Waals surface area contributed by atoms with E-state index in [0.29, 0.717) is 30.0 Å². The Kier molecular flexibility index (Phi) is 4.79. The van der Waals surface area contributed by atoms with Gasteiger partial charge >= 0.3 is 5.97 Å². The zero-order chi connectivity index (χ0) is 16.9. The number of benzene rings is 2. The summed E-state index contributed by atoms with van der Waals surface area (Å²) < 4.78 is 10.6. The second kappa shape index (κ2) is 7.17. The van der Waals surface area contributed by atoms with E-state index in [4.69, 9.17) is 9.47 Å². The number of hydrogen-bond acceptors (Lipinski definition) is 4. The number of esters is 1. The van der Waals surface area contributed by atoms with Crippen LogP contribution in [0.5, 0.6) is 11.5 Å². The Morgan fingerprint density at radius 1 is 1.12 bits per heavy atom. The van der Waals surface area contributed by atoms with Crippen LogP contribution in [0.4, 0.5) is 0 Å². The number of methoxy groups -OCH3 is 1. The molecule has 0 saturated carbocycles. The number of rotatable bonds is 5. The van der Waals surface area contributed by atoms with Gasteiger partial charge in [0, 0.05) is 19.5 Å². The fraction of sp³-hybridized carbons (Fsp3) is 0.263. The molecule has 1 aliphatic rings. The average Bonchev–Trinajstić information content (AvgIpc) is 3.00. The molecule has 1 fully saturated rings. The standard InChI is InChI=1S/C19H19NO4/c1-23-16-8-2-3-9-17(16)24-19(22)15-7-4-6-14(12-15)13-20-11-5-10-18(20)21/h2-4,6-9,12H,5,10-11,13H2,1H3. The highest BCUT2D eigenvalue weighted by Crippen LogP contribution is 2.26. The number of para-hydroxylation sites is 2. The molecule has 1 aliphatic heterocycles. The molecule has 124 valence electrons. The van der Waals surface area contributed by atoms with Crippen LogP contribution in [0, 0.1) is 0 Å². The lowest BCUT2D eigenvalue weighted by Gasteiger charge is -2.16. The Hall–Kier alpha value is -2.82. The summed E-state index contributed by atoms with van der Waals surface area (Å²) in [6, 6.07) is 14.2. The summed E-state index contributed by atoms with van der Waals surface area (Å²) in [5, 5.41) is 0. The molecule has 0 aliphatic carbocycles. The quantitative estimate of drug-likeness (QED) is 0.626. The maximum atomic E-state index is 12.4. The summed E-state index contributed by atoms with van der Waals surface area (Å²) in [6.45, 7) is 1.29. The minimum Gasteiger partial charge on any atom is -0.493 e. The summed E-state index contributed by atoms with van der Waals surface area (Å²) >= 11 is 0. The van der Waals surface area contributed by atoms with Gasteiger partial charge in [0.15, 0.2) is 11.5 Å². The highest BCUT2D eigenvalue weighted by atomic mass is 16.6. The predicted molar refractivity (Wildman–Crippen MR) is 89.0 cm³/mol. The van der Waals surface area contributed by atoms with Crippen LogP contribution >= 0.6 is 0 Å². The molecule has 0 unspecified atom stereocenters. The van der Waals surface area contributed by atoms with E-state index in [0.717, 1.165) is 18.5 Å². The topological polar surface area (TPSA) is 55.8 Å². The molecule has 0 radical (unpaired) electrons. The first-order chi connectivity index (χ1) is 11.7. The van der Waals surface area contributed by atoms with E-state index >= 15 is 0 Å². The molecule has 5 heteroatoms. The number of hydrogen-bond donors (Lipinski definition) is 0. The summed E-state index contributed by atoms with van der Waals surface area (Å²) in [7, 11) is 1.53. The van der Waals surface area contributed by atoms with Crippen molar-refractivity contribution in [3.63, 3.8) is 0 Å². The van der Waals surface area contributed by atoms with Crippen LogP contribution in [0.2, 0.25) is 0 Å². The predicted octanol–water partition coefficient (Wildman–Crippen LogP) is 3.04. The average molecular weight is 325 g/mol. The third kappa shape index (κ3) is 3.56. The number of ether oxygens (including phenoxy) is 2. The van der Waals surface area contributed by atoms with Crippen molar-refractivity contribution in [3.8, 4) is 11.5 Å². The molecule has 1 amide bonds. The largest absolute Gasteiger partial charge is 0.493 e. The van der Waals surface area contributed by atoms with E-state index in [1.54, 1.807) is 36.4 Å². The fourth-order valence-corrected chi connectivity index (χ4v) is 2.75. The van der Waals surface area contributed by atoms with Crippen molar-refractivity contribution in [3.05, 3.63) is 59.7 Å². The first-order valence-corrected chi connectivity index (χ1v) is 7.89. The monoisotopic (exact) mass is 325 g/mol. The van der Waals surface area contributed by atoms with Crippen LogP contribution in [-0.2, 0) is 11.3 Å². The second-order valence-electron chi connectivity index (χ2n) is 5.66. The highest BCUT2D eigenvalue weighted by Gasteiger charge is 2.20. The smallest absolute Gasteiger partial charge is 0.343 e. The van der Waals surface area contributed by atoms with E-state index < -0.39 is 5.97 Å². The molecule has 0 atom stereocenters. The molecular formula is C19H19NO4. The Morgan fingerprint density at radius 3 is 2.62 bits per heavy atom. The van der Waals surface area contributed by atoms with Gasteiger partial charge in [0.1, 0.15) is 0 Å². The Morgan fingerprint density at radius 2 is 1.92 bits per heavy atom.